The first kappa shape index (κ1) is 16.5. The third-order valence-electron chi connectivity index (χ3n) is 3.55. The first-order chi connectivity index (χ1) is 11.8. The lowest BCUT2D eigenvalue weighted by molar-refractivity contribution is -0.136. The monoisotopic (exact) mass is 341 g/mol. The van der Waals surface area contributed by atoms with Crippen LogP contribution in [0.5, 0.6) is 5.75 Å². The average molecular weight is 341 g/mol. The highest BCUT2D eigenvalue weighted by Gasteiger charge is 2.08. The standard InChI is InChI=1S/C19H19NO3S/c1-2-15-11-16-17(9-6-10-18(16)24-15)22-13-19(21)20-23-12-14-7-4-3-5-8-14/h3-11H,2,12-13H2,1H3,(H,20,21). The van der Waals surface area contributed by atoms with Gasteiger partial charge in [0.25, 0.3) is 5.91 Å². The lowest BCUT2D eigenvalue weighted by atomic mass is 10.2. The van der Waals surface area contributed by atoms with Gasteiger partial charge in [0.15, 0.2) is 6.61 Å². The molecule has 0 saturated carbocycles. The lowest BCUT2D eigenvalue weighted by Crippen LogP contribution is -2.28. The maximum absolute atomic E-state index is 11.8. The molecule has 24 heavy (non-hydrogen) atoms. The highest BCUT2D eigenvalue weighted by atomic mass is 32.1. The van der Waals surface area contributed by atoms with Crippen molar-refractivity contribution in [1.82, 2.24) is 5.48 Å². The molecule has 0 fully saturated rings. The van der Waals surface area contributed by atoms with Crippen molar-refractivity contribution in [2.24, 2.45) is 0 Å². The molecular formula is C19H19NO3S. The van der Waals surface area contributed by atoms with Crippen LogP contribution in [0.25, 0.3) is 10.1 Å². The second-order valence-electron chi connectivity index (χ2n) is 5.32. The number of fused-ring (bicyclic) bond motifs is 1. The Morgan fingerprint density at radius 3 is 2.75 bits per heavy atom. The van der Waals surface area contributed by atoms with Gasteiger partial charge in [-0.2, -0.15) is 0 Å². The van der Waals surface area contributed by atoms with E-state index in [0.717, 1.165) is 23.1 Å². The van der Waals surface area contributed by atoms with Crippen LogP contribution in [-0.2, 0) is 22.7 Å². The van der Waals surface area contributed by atoms with Gasteiger partial charge in [0.2, 0.25) is 0 Å². The summed E-state index contributed by atoms with van der Waals surface area (Å²) in [6.07, 6.45) is 0.993. The predicted octanol–water partition coefficient (Wildman–Crippen LogP) is 4.09. The van der Waals surface area contributed by atoms with E-state index in [-0.39, 0.29) is 12.5 Å². The second kappa shape index (κ2) is 7.95. The molecular weight excluding hydrogens is 322 g/mol. The molecule has 0 aliphatic rings. The van der Waals surface area contributed by atoms with Gasteiger partial charge in [-0.15, -0.1) is 11.3 Å². The molecule has 5 heteroatoms. The fourth-order valence-corrected chi connectivity index (χ4v) is 3.35. The normalized spacial score (nSPS) is 10.7. The highest BCUT2D eigenvalue weighted by molar-refractivity contribution is 7.19. The van der Waals surface area contributed by atoms with Gasteiger partial charge in [0, 0.05) is 15.0 Å². The van der Waals surface area contributed by atoms with Gasteiger partial charge in [-0.1, -0.05) is 43.3 Å². The fourth-order valence-electron chi connectivity index (χ4n) is 2.33. The van der Waals surface area contributed by atoms with Crippen molar-refractivity contribution < 1.29 is 14.4 Å². The number of thiophene rings is 1. The van der Waals surface area contributed by atoms with Crippen LogP contribution in [0.3, 0.4) is 0 Å². The quantitative estimate of drug-likeness (QED) is 0.659. The second-order valence-corrected chi connectivity index (χ2v) is 6.49. The molecule has 0 atom stereocenters. The number of hydrogen-bond acceptors (Lipinski definition) is 4. The molecule has 0 unspecified atom stereocenters. The number of hydrogen-bond donors (Lipinski definition) is 1. The van der Waals surface area contributed by atoms with Gasteiger partial charge in [0.05, 0.1) is 6.61 Å². The molecule has 1 heterocycles. The van der Waals surface area contributed by atoms with Crippen LogP contribution >= 0.6 is 11.3 Å². The number of benzene rings is 2. The summed E-state index contributed by atoms with van der Waals surface area (Å²) in [6.45, 7) is 2.38. The highest BCUT2D eigenvalue weighted by Crippen LogP contribution is 2.32. The van der Waals surface area contributed by atoms with E-state index in [1.807, 2.05) is 42.5 Å². The average Bonchev–Trinajstić information content (AvgIpc) is 3.05. The van der Waals surface area contributed by atoms with Crippen LogP contribution in [0.2, 0.25) is 0 Å². The molecule has 3 aromatic rings. The molecule has 0 saturated heterocycles. The summed E-state index contributed by atoms with van der Waals surface area (Å²) in [6, 6.07) is 17.7. The van der Waals surface area contributed by atoms with E-state index in [9.17, 15) is 4.79 Å². The Hall–Kier alpha value is -2.37. The van der Waals surface area contributed by atoms with Crippen molar-refractivity contribution >= 4 is 27.3 Å². The summed E-state index contributed by atoms with van der Waals surface area (Å²) in [5.74, 6) is 0.413. The molecule has 0 radical (unpaired) electrons. The number of rotatable bonds is 7. The van der Waals surface area contributed by atoms with E-state index in [4.69, 9.17) is 9.57 Å². The number of hydroxylamine groups is 1. The molecule has 1 N–H and O–H groups in total. The number of ether oxygens (including phenoxy) is 1. The van der Waals surface area contributed by atoms with E-state index in [1.165, 1.54) is 9.58 Å². The SMILES string of the molecule is CCc1cc2c(OCC(=O)NOCc3ccccc3)cccc2s1. The van der Waals surface area contributed by atoms with Crippen LogP contribution in [-0.4, -0.2) is 12.5 Å². The van der Waals surface area contributed by atoms with E-state index < -0.39 is 0 Å². The molecule has 0 aliphatic heterocycles. The largest absolute Gasteiger partial charge is 0.483 e. The van der Waals surface area contributed by atoms with Gasteiger partial charge in [0.1, 0.15) is 5.75 Å². The number of nitrogens with one attached hydrogen (secondary N) is 1. The van der Waals surface area contributed by atoms with Crippen LogP contribution in [0, 0.1) is 0 Å². The van der Waals surface area contributed by atoms with Crippen molar-refractivity contribution in [3.63, 3.8) is 0 Å². The Balaban J connectivity index is 1.52. The van der Waals surface area contributed by atoms with Gasteiger partial charge in [-0.05, 0) is 30.2 Å². The van der Waals surface area contributed by atoms with Gasteiger partial charge in [-0.25, -0.2) is 5.48 Å². The Labute approximate surface area is 145 Å². The Bertz CT molecular complexity index is 814. The predicted molar refractivity (Wildman–Crippen MR) is 96.1 cm³/mol. The van der Waals surface area contributed by atoms with Gasteiger partial charge >= 0.3 is 0 Å². The van der Waals surface area contributed by atoms with E-state index >= 15 is 0 Å². The van der Waals surface area contributed by atoms with E-state index in [1.54, 1.807) is 11.3 Å². The maximum Gasteiger partial charge on any atom is 0.281 e. The topological polar surface area (TPSA) is 47.6 Å². The molecule has 0 bridgehead atoms. The van der Waals surface area contributed by atoms with Crippen molar-refractivity contribution in [2.75, 3.05) is 6.61 Å². The molecule has 1 amide bonds. The summed E-state index contributed by atoms with van der Waals surface area (Å²) in [7, 11) is 0. The van der Waals surface area contributed by atoms with Crippen LogP contribution < -0.4 is 10.2 Å². The van der Waals surface area contributed by atoms with Gasteiger partial charge < -0.3 is 4.74 Å². The van der Waals surface area contributed by atoms with Crippen molar-refractivity contribution in [3.8, 4) is 5.75 Å². The lowest BCUT2D eigenvalue weighted by Gasteiger charge is -2.08. The van der Waals surface area contributed by atoms with Crippen LogP contribution in [0.1, 0.15) is 17.4 Å². The zero-order chi connectivity index (χ0) is 16.8. The maximum atomic E-state index is 11.8. The summed E-state index contributed by atoms with van der Waals surface area (Å²) in [5, 5.41) is 1.05. The molecule has 1 aromatic heterocycles. The summed E-state index contributed by atoms with van der Waals surface area (Å²) in [5.41, 5.74) is 3.40. The third kappa shape index (κ3) is 4.13. The Kier molecular flexibility index (Phi) is 5.46. The molecule has 2 aromatic carbocycles. The van der Waals surface area contributed by atoms with Crippen molar-refractivity contribution in [1.29, 1.82) is 0 Å². The summed E-state index contributed by atoms with van der Waals surface area (Å²) >= 11 is 1.75. The Morgan fingerprint density at radius 1 is 1.12 bits per heavy atom. The van der Waals surface area contributed by atoms with Crippen molar-refractivity contribution in [3.05, 3.63) is 65.0 Å². The molecule has 3 rings (SSSR count). The van der Waals surface area contributed by atoms with Crippen LogP contribution in [0.4, 0.5) is 0 Å². The Morgan fingerprint density at radius 2 is 1.96 bits per heavy atom. The number of carbonyl (C=O) groups excluding carboxylic acids is 1. The minimum absolute atomic E-state index is 0.0782. The minimum atomic E-state index is -0.311. The molecule has 124 valence electrons. The number of aryl methyl sites for hydroxylation is 1. The zero-order valence-corrected chi connectivity index (χ0v) is 14.3. The molecule has 0 spiro atoms. The minimum Gasteiger partial charge on any atom is -0.483 e. The first-order valence-corrected chi connectivity index (χ1v) is 8.66. The zero-order valence-electron chi connectivity index (χ0n) is 13.5. The smallest absolute Gasteiger partial charge is 0.281 e. The van der Waals surface area contributed by atoms with E-state index in [0.29, 0.717) is 6.61 Å². The van der Waals surface area contributed by atoms with Crippen molar-refractivity contribution in [2.45, 2.75) is 20.0 Å². The first-order valence-electron chi connectivity index (χ1n) is 7.85. The van der Waals surface area contributed by atoms with E-state index in [2.05, 4.69) is 24.5 Å². The third-order valence-corrected chi connectivity index (χ3v) is 4.79. The number of carbonyl (C=O) groups is 1. The summed E-state index contributed by atoms with van der Waals surface area (Å²) in [4.78, 5) is 18.3. The van der Waals surface area contributed by atoms with Gasteiger partial charge in [-0.3, -0.25) is 9.63 Å². The molecule has 4 nitrogen and oxygen atoms in total. The summed E-state index contributed by atoms with van der Waals surface area (Å²) < 4.78 is 6.83. The molecule has 0 aliphatic carbocycles. The van der Waals surface area contributed by atoms with Crippen LogP contribution in [0.15, 0.2) is 54.6 Å². The fraction of sp³-hybridized carbons (Fsp3) is 0.211. The number of amides is 1.